The molecule has 4 nitrogen and oxygen atoms in total. The maximum absolute atomic E-state index is 5.25. The summed E-state index contributed by atoms with van der Waals surface area (Å²) in [6, 6.07) is 2.64. The van der Waals surface area contributed by atoms with Crippen molar-refractivity contribution in [2.75, 3.05) is 0 Å². The minimum atomic E-state index is 0.482. The van der Waals surface area contributed by atoms with Crippen molar-refractivity contribution in [3.8, 4) is 0 Å². The van der Waals surface area contributed by atoms with Gasteiger partial charge in [-0.25, -0.2) is 4.98 Å². The van der Waals surface area contributed by atoms with Gasteiger partial charge in [-0.1, -0.05) is 19.0 Å². The normalized spacial score (nSPS) is 15.9. The van der Waals surface area contributed by atoms with E-state index in [4.69, 9.17) is 4.52 Å². The molecule has 0 saturated heterocycles. The molecule has 0 aliphatic heterocycles. The standard InChI is InChI=1S/C13H17N3O/c1-8(2)14-6-9-5-11-12(10-3-4-10)16-17-13(11)15-7-9/h5,7-8,10,14H,3-4,6H2,1-2H3. The Morgan fingerprint density at radius 3 is 3.00 bits per heavy atom. The van der Waals surface area contributed by atoms with Crippen LogP contribution in [0, 0.1) is 0 Å². The Balaban J connectivity index is 1.90. The molecular weight excluding hydrogens is 214 g/mol. The molecule has 2 aromatic heterocycles. The van der Waals surface area contributed by atoms with Crippen molar-refractivity contribution in [2.24, 2.45) is 0 Å². The summed E-state index contributed by atoms with van der Waals surface area (Å²) in [5.41, 5.74) is 2.95. The van der Waals surface area contributed by atoms with Crippen molar-refractivity contribution >= 4 is 11.1 Å². The second kappa shape index (κ2) is 4.11. The zero-order valence-corrected chi connectivity index (χ0v) is 10.2. The minimum Gasteiger partial charge on any atom is -0.336 e. The van der Waals surface area contributed by atoms with Gasteiger partial charge in [0.25, 0.3) is 5.71 Å². The molecule has 0 unspecified atom stereocenters. The SMILES string of the molecule is CC(C)NCc1cnc2onc(C3CC3)c2c1. The van der Waals surface area contributed by atoms with Crippen LogP contribution < -0.4 is 5.32 Å². The molecule has 1 saturated carbocycles. The highest BCUT2D eigenvalue weighted by Gasteiger charge is 2.29. The predicted octanol–water partition coefficient (Wildman–Crippen LogP) is 2.60. The number of hydrogen-bond donors (Lipinski definition) is 1. The maximum Gasteiger partial charge on any atom is 0.257 e. The van der Waals surface area contributed by atoms with E-state index in [1.165, 1.54) is 18.4 Å². The molecule has 1 fully saturated rings. The van der Waals surface area contributed by atoms with Crippen LogP contribution in [0.5, 0.6) is 0 Å². The van der Waals surface area contributed by atoms with Gasteiger partial charge in [0, 0.05) is 24.7 Å². The summed E-state index contributed by atoms with van der Waals surface area (Å²) < 4.78 is 5.25. The molecule has 0 bridgehead atoms. The van der Waals surface area contributed by atoms with Gasteiger partial charge in [-0.05, 0) is 24.5 Å². The topological polar surface area (TPSA) is 51.0 Å². The van der Waals surface area contributed by atoms with E-state index in [9.17, 15) is 0 Å². The fraction of sp³-hybridized carbons (Fsp3) is 0.538. The van der Waals surface area contributed by atoms with Crippen LogP contribution in [0.1, 0.15) is 43.9 Å². The van der Waals surface area contributed by atoms with Gasteiger partial charge in [0.2, 0.25) is 0 Å². The first-order valence-corrected chi connectivity index (χ1v) is 6.21. The third-order valence-corrected chi connectivity index (χ3v) is 3.09. The van der Waals surface area contributed by atoms with E-state index in [1.54, 1.807) is 0 Å². The van der Waals surface area contributed by atoms with Gasteiger partial charge in [-0.15, -0.1) is 0 Å². The zero-order chi connectivity index (χ0) is 11.8. The number of fused-ring (bicyclic) bond motifs is 1. The summed E-state index contributed by atoms with van der Waals surface area (Å²) in [7, 11) is 0. The third-order valence-electron chi connectivity index (χ3n) is 3.09. The molecule has 0 aromatic carbocycles. The number of nitrogens with one attached hydrogen (secondary N) is 1. The number of rotatable bonds is 4. The van der Waals surface area contributed by atoms with Gasteiger partial charge in [-0.3, -0.25) is 0 Å². The molecule has 0 atom stereocenters. The molecule has 0 amide bonds. The van der Waals surface area contributed by atoms with Crippen LogP contribution in [0.2, 0.25) is 0 Å². The highest BCUT2D eigenvalue weighted by molar-refractivity contribution is 5.77. The van der Waals surface area contributed by atoms with Crippen LogP contribution >= 0.6 is 0 Å². The fourth-order valence-electron chi connectivity index (χ4n) is 1.96. The van der Waals surface area contributed by atoms with Gasteiger partial charge in [0.05, 0.1) is 11.1 Å². The van der Waals surface area contributed by atoms with Crippen molar-refractivity contribution in [3.05, 3.63) is 23.5 Å². The van der Waals surface area contributed by atoms with Crippen molar-refractivity contribution in [2.45, 2.75) is 45.2 Å². The zero-order valence-electron chi connectivity index (χ0n) is 10.2. The van der Waals surface area contributed by atoms with Crippen LogP contribution in [0.15, 0.2) is 16.8 Å². The molecule has 0 radical (unpaired) electrons. The molecular formula is C13H17N3O. The Bertz CT molecular complexity index is 528. The van der Waals surface area contributed by atoms with Crippen molar-refractivity contribution in [1.29, 1.82) is 0 Å². The van der Waals surface area contributed by atoms with Crippen LogP contribution in [0.4, 0.5) is 0 Å². The molecule has 0 spiro atoms. The van der Waals surface area contributed by atoms with Crippen molar-refractivity contribution in [1.82, 2.24) is 15.5 Å². The van der Waals surface area contributed by atoms with Gasteiger partial charge in [0.1, 0.15) is 0 Å². The van der Waals surface area contributed by atoms with Gasteiger partial charge >= 0.3 is 0 Å². The summed E-state index contributed by atoms with van der Waals surface area (Å²) >= 11 is 0. The first-order chi connectivity index (χ1) is 8.24. The third kappa shape index (κ3) is 2.17. The number of hydrogen-bond acceptors (Lipinski definition) is 4. The Morgan fingerprint density at radius 1 is 1.47 bits per heavy atom. The lowest BCUT2D eigenvalue weighted by Crippen LogP contribution is -2.21. The highest BCUT2D eigenvalue weighted by atomic mass is 16.5. The molecule has 1 aliphatic rings. The molecule has 4 heteroatoms. The number of pyridine rings is 1. The smallest absolute Gasteiger partial charge is 0.257 e. The first kappa shape index (κ1) is 10.7. The van der Waals surface area contributed by atoms with E-state index >= 15 is 0 Å². The Morgan fingerprint density at radius 2 is 2.29 bits per heavy atom. The average Bonchev–Trinajstić information content (AvgIpc) is 3.07. The summed E-state index contributed by atoms with van der Waals surface area (Å²) in [5.74, 6) is 0.603. The number of nitrogens with zero attached hydrogens (tertiary/aromatic N) is 2. The van der Waals surface area contributed by atoms with Crippen LogP contribution in [0.3, 0.4) is 0 Å². The second-order valence-corrected chi connectivity index (χ2v) is 5.07. The van der Waals surface area contributed by atoms with Crippen LogP contribution in [-0.2, 0) is 6.54 Å². The quantitative estimate of drug-likeness (QED) is 0.878. The first-order valence-electron chi connectivity index (χ1n) is 6.21. The van der Waals surface area contributed by atoms with E-state index in [2.05, 4.69) is 35.4 Å². The van der Waals surface area contributed by atoms with E-state index in [0.717, 1.165) is 17.6 Å². The molecule has 2 aromatic rings. The van der Waals surface area contributed by atoms with E-state index in [1.807, 2.05) is 6.20 Å². The van der Waals surface area contributed by atoms with Crippen LogP contribution in [-0.4, -0.2) is 16.2 Å². The summed E-state index contributed by atoms with van der Waals surface area (Å²) in [5, 5.41) is 8.62. The molecule has 2 heterocycles. The lowest BCUT2D eigenvalue weighted by atomic mass is 10.1. The average molecular weight is 231 g/mol. The lowest BCUT2D eigenvalue weighted by Gasteiger charge is -2.07. The largest absolute Gasteiger partial charge is 0.336 e. The van der Waals surface area contributed by atoms with E-state index in [-0.39, 0.29) is 0 Å². The predicted molar refractivity (Wildman–Crippen MR) is 65.8 cm³/mol. The molecule has 17 heavy (non-hydrogen) atoms. The molecule has 90 valence electrons. The maximum atomic E-state index is 5.25. The van der Waals surface area contributed by atoms with Gasteiger partial charge in [-0.2, -0.15) is 0 Å². The van der Waals surface area contributed by atoms with Gasteiger partial charge < -0.3 is 9.84 Å². The number of aromatic nitrogens is 2. The summed E-state index contributed by atoms with van der Waals surface area (Å²) in [6.45, 7) is 5.12. The summed E-state index contributed by atoms with van der Waals surface area (Å²) in [6.07, 6.45) is 4.33. The molecule has 1 aliphatic carbocycles. The summed E-state index contributed by atoms with van der Waals surface area (Å²) in [4.78, 5) is 4.32. The Hall–Kier alpha value is -1.42. The lowest BCUT2D eigenvalue weighted by molar-refractivity contribution is 0.439. The Kier molecular flexibility index (Phi) is 2.59. The van der Waals surface area contributed by atoms with Crippen molar-refractivity contribution < 1.29 is 4.52 Å². The van der Waals surface area contributed by atoms with Crippen LogP contribution in [0.25, 0.3) is 11.1 Å². The van der Waals surface area contributed by atoms with Crippen molar-refractivity contribution in [3.63, 3.8) is 0 Å². The highest BCUT2D eigenvalue weighted by Crippen LogP contribution is 2.42. The van der Waals surface area contributed by atoms with Gasteiger partial charge in [0.15, 0.2) is 0 Å². The molecule has 1 N–H and O–H groups in total. The second-order valence-electron chi connectivity index (χ2n) is 5.07. The minimum absolute atomic E-state index is 0.482. The molecule has 3 rings (SSSR count). The monoisotopic (exact) mass is 231 g/mol. The Labute approximate surface area is 100 Å². The van der Waals surface area contributed by atoms with E-state index < -0.39 is 0 Å². The van der Waals surface area contributed by atoms with E-state index in [0.29, 0.717) is 17.7 Å². The fourth-order valence-corrected chi connectivity index (χ4v) is 1.96.